The van der Waals surface area contributed by atoms with E-state index >= 15 is 0 Å². The summed E-state index contributed by atoms with van der Waals surface area (Å²) < 4.78 is 0. The highest BCUT2D eigenvalue weighted by molar-refractivity contribution is 5.99. The van der Waals surface area contributed by atoms with Crippen LogP contribution in [0.15, 0.2) is 30.0 Å². The molecule has 1 unspecified atom stereocenters. The van der Waals surface area contributed by atoms with Gasteiger partial charge in [0.1, 0.15) is 17.7 Å². The van der Waals surface area contributed by atoms with E-state index < -0.39 is 17.9 Å². The SMILES string of the molecule is CCN(CC)c1ccc(N/C=C(/C#N)C(=O)NC(CC(C)C)C(=O)O)c(C)c1.[Cl-]. The van der Waals surface area contributed by atoms with Crippen molar-refractivity contribution in [3.63, 3.8) is 0 Å². The third-order valence-electron chi connectivity index (χ3n) is 4.39. The molecule has 1 amide bonds. The molecular weight excluding hydrogens is 392 g/mol. The smallest absolute Gasteiger partial charge is 0.326 e. The van der Waals surface area contributed by atoms with Gasteiger partial charge >= 0.3 is 5.97 Å². The Bertz CT molecular complexity index is 768. The van der Waals surface area contributed by atoms with Crippen molar-refractivity contribution in [3.05, 3.63) is 35.5 Å². The Morgan fingerprint density at radius 2 is 1.90 bits per heavy atom. The fourth-order valence-electron chi connectivity index (χ4n) is 2.82. The molecule has 0 aliphatic heterocycles. The number of carboxylic acids is 1. The van der Waals surface area contributed by atoms with Crippen LogP contribution in [-0.4, -0.2) is 36.1 Å². The average molecular weight is 422 g/mol. The van der Waals surface area contributed by atoms with Gasteiger partial charge in [0.15, 0.2) is 0 Å². The number of carbonyl (C=O) groups excluding carboxylic acids is 1. The fourth-order valence-corrected chi connectivity index (χ4v) is 2.82. The van der Waals surface area contributed by atoms with Crippen LogP contribution in [0.1, 0.15) is 39.7 Å². The fraction of sp³-hybridized carbons (Fsp3) is 0.476. The molecule has 1 aromatic rings. The summed E-state index contributed by atoms with van der Waals surface area (Å²) in [6, 6.07) is 6.71. The van der Waals surface area contributed by atoms with Gasteiger partial charge in [-0.25, -0.2) is 4.79 Å². The number of amides is 1. The minimum absolute atomic E-state index is 0. The number of carboxylic acid groups (broad SMARTS) is 1. The summed E-state index contributed by atoms with van der Waals surface area (Å²) in [5.41, 5.74) is 2.67. The molecule has 0 bridgehead atoms. The molecule has 0 heterocycles. The van der Waals surface area contributed by atoms with Crippen LogP contribution in [0.3, 0.4) is 0 Å². The first-order valence-corrected chi connectivity index (χ1v) is 9.49. The normalized spacial score (nSPS) is 11.8. The molecule has 29 heavy (non-hydrogen) atoms. The molecule has 8 heteroatoms. The Morgan fingerprint density at radius 3 is 2.34 bits per heavy atom. The lowest BCUT2D eigenvalue weighted by Gasteiger charge is -2.22. The van der Waals surface area contributed by atoms with E-state index in [9.17, 15) is 20.0 Å². The summed E-state index contributed by atoms with van der Waals surface area (Å²) in [5, 5.41) is 23.9. The van der Waals surface area contributed by atoms with Crippen molar-refractivity contribution in [2.24, 2.45) is 5.92 Å². The number of benzene rings is 1. The Hall–Kier alpha value is -2.72. The summed E-state index contributed by atoms with van der Waals surface area (Å²) >= 11 is 0. The van der Waals surface area contributed by atoms with E-state index in [2.05, 4.69) is 29.4 Å². The van der Waals surface area contributed by atoms with Crippen LogP contribution in [-0.2, 0) is 9.59 Å². The molecule has 7 nitrogen and oxygen atoms in total. The van der Waals surface area contributed by atoms with Gasteiger partial charge in [0.05, 0.1) is 0 Å². The van der Waals surface area contributed by atoms with E-state index in [1.807, 2.05) is 45.0 Å². The molecule has 1 aromatic carbocycles. The van der Waals surface area contributed by atoms with Crippen molar-refractivity contribution in [1.29, 1.82) is 5.26 Å². The maximum Gasteiger partial charge on any atom is 0.326 e. The lowest BCUT2D eigenvalue weighted by Crippen LogP contribution is -3.00. The molecule has 0 radical (unpaired) electrons. The van der Waals surface area contributed by atoms with E-state index in [0.717, 1.165) is 30.0 Å². The first-order chi connectivity index (χ1) is 13.2. The summed E-state index contributed by atoms with van der Waals surface area (Å²) in [6.45, 7) is 11.7. The molecular formula is C21H30ClN4O3-. The monoisotopic (exact) mass is 421 g/mol. The average Bonchev–Trinajstić information content (AvgIpc) is 2.63. The van der Waals surface area contributed by atoms with Crippen LogP contribution in [0.4, 0.5) is 11.4 Å². The number of nitrogens with zero attached hydrogens (tertiary/aromatic N) is 2. The summed E-state index contributed by atoms with van der Waals surface area (Å²) in [5.74, 6) is -1.73. The van der Waals surface area contributed by atoms with Crippen molar-refractivity contribution in [2.75, 3.05) is 23.3 Å². The molecule has 160 valence electrons. The second-order valence-electron chi connectivity index (χ2n) is 6.98. The van der Waals surface area contributed by atoms with Gasteiger partial charge < -0.3 is 33.0 Å². The number of nitriles is 1. The van der Waals surface area contributed by atoms with E-state index in [1.54, 1.807) is 0 Å². The van der Waals surface area contributed by atoms with Crippen molar-refractivity contribution in [2.45, 2.75) is 47.1 Å². The highest BCUT2D eigenvalue weighted by atomic mass is 35.5. The van der Waals surface area contributed by atoms with Crippen LogP contribution in [0.25, 0.3) is 0 Å². The molecule has 0 aromatic heterocycles. The predicted octanol–water partition coefficient (Wildman–Crippen LogP) is 0.280. The van der Waals surface area contributed by atoms with Gasteiger partial charge in [0, 0.05) is 30.7 Å². The van der Waals surface area contributed by atoms with Crippen LogP contribution in [0.2, 0.25) is 0 Å². The van der Waals surface area contributed by atoms with Gasteiger partial charge in [-0.2, -0.15) is 5.26 Å². The van der Waals surface area contributed by atoms with Crippen molar-refractivity contribution >= 4 is 23.3 Å². The molecule has 3 N–H and O–H groups in total. The highest BCUT2D eigenvalue weighted by Gasteiger charge is 2.22. The van der Waals surface area contributed by atoms with E-state index in [0.29, 0.717) is 6.42 Å². The molecule has 1 rings (SSSR count). The third kappa shape index (κ3) is 8.04. The lowest BCUT2D eigenvalue weighted by molar-refractivity contribution is -0.141. The molecule has 0 aliphatic rings. The number of hydrogen-bond donors (Lipinski definition) is 3. The summed E-state index contributed by atoms with van der Waals surface area (Å²) in [7, 11) is 0. The van der Waals surface area contributed by atoms with Crippen LogP contribution >= 0.6 is 0 Å². The number of rotatable bonds is 10. The van der Waals surface area contributed by atoms with Gasteiger partial charge in [-0.3, -0.25) is 4.79 Å². The second-order valence-corrected chi connectivity index (χ2v) is 6.98. The van der Waals surface area contributed by atoms with E-state index in [-0.39, 0.29) is 23.9 Å². The van der Waals surface area contributed by atoms with Gasteiger partial charge in [0.2, 0.25) is 0 Å². The Morgan fingerprint density at radius 1 is 1.28 bits per heavy atom. The van der Waals surface area contributed by atoms with Crippen LogP contribution in [0, 0.1) is 24.2 Å². The molecule has 0 saturated carbocycles. The van der Waals surface area contributed by atoms with Crippen molar-refractivity contribution in [3.8, 4) is 6.07 Å². The quantitative estimate of drug-likeness (QED) is 0.370. The van der Waals surface area contributed by atoms with Gasteiger partial charge in [-0.1, -0.05) is 13.8 Å². The Balaban J connectivity index is 0.00000784. The minimum atomic E-state index is -1.12. The molecule has 0 saturated heterocycles. The van der Waals surface area contributed by atoms with Crippen molar-refractivity contribution in [1.82, 2.24) is 5.32 Å². The zero-order valence-corrected chi connectivity index (χ0v) is 18.4. The largest absolute Gasteiger partial charge is 1.00 e. The number of anilines is 2. The number of carbonyl (C=O) groups is 2. The minimum Gasteiger partial charge on any atom is -1.00 e. The summed E-state index contributed by atoms with van der Waals surface area (Å²) in [6.07, 6.45) is 1.60. The van der Waals surface area contributed by atoms with E-state index in [4.69, 9.17) is 0 Å². The maximum absolute atomic E-state index is 12.3. The molecule has 1 atom stereocenters. The predicted molar refractivity (Wildman–Crippen MR) is 111 cm³/mol. The zero-order chi connectivity index (χ0) is 21.3. The van der Waals surface area contributed by atoms with Gasteiger partial charge in [0.25, 0.3) is 5.91 Å². The number of hydrogen-bond acceptors (Lipinski definition) is 5. The molecule has 0 fully saturated rings. The lowest BCUT2D eigenvalue weighted by atomic mass is 10.0. The number of nitrogens with one attached hydrogen (secondary N) is 2. The topological polar surface area (TPSA) is 105 Å². The number of aryl methyl sites for hydroxylation is 1. The van der Waals surface area contributed by atoms with Gasteiger partial charge in [-0.15, -0.1) is 0 Å². The maximum atomic E-state index is 12.3. The second kappa shape index (κ2) is 12.7. The number of aliphatic carboxylic acids is 1. The number of halogens is 1. The van der Waals surface area contributed by atoms with Crippen LogP contribution in [0.5, 0.6) is 0 Å². The first-order valence-electron chi connectivity index (χ1n) is 9.49. The Labute approximate surface area is 179 Å². The Kier molecular flexibility index (Phi) is 11.5. The van der Waals surface area contributed by atoms with Crippen molar-refractivity contribution < 1.29 is 27.1 Å². The third-order valence-corrected chi connectivity index (χ3v) is 4.39. The van der Waals surface area contributed by atoms with Crippen LogP contribution < -0.4 is 27.9 Å². The summed E-state index contributed by atoms with van der Waals surface area (Å²) in [4.78, 5) is 25.8. The molecule has 0 aliphatic carbocycles. The highest BCUT2D eigenvalue weighted by Crippen LogP contribution is 2.23. The van der Waals surface area contributed by atoms with Gasteiger partial charge in [-0.05, 0) is 56.9 Å². The first kappa shape index (κ1) is 26.3. The van der Waals surface area contributed by atoms with E-state index in [1.165, 1.54) is 6.20 Å². The standard InChI is InChI=1S/C21H30N4O3.ClH/c1-6-25(7-2)17-8-9-18(15(5)11-17)23-13-16(12-22)20(26)24-19(21(27)28)10-14(3)4;/h8-9,11,13-14,19,23H,6-7,10H2,1-5H3,(H,24,26)(H,27,28);1H/p-1/b16-13-;. The zero-order valence-electron chi connectivity index (χ0n) is 17.6. The molecule has 0 spiro atoms.